The first-order valence-electron chi connectivity index (χ1n) is 5.86. The highest BCUT2D eigenvalue weighted by Gasteiger charge is 2.04. The number of halogens is 1. The van der Waals surface area contributed by atoms with E-state index in [2.05, 4.69) is 53.4 Å². The van der Waals surface area contributed by atoms with Gasteiger partial charge in [-0.05, 0) is 56.2 Å². The SMILES string of the molecule is CCC[C@H](C)NC(=S)Nc1ccc(Br)c(C)c1. The summed E-state index contributed by atoms with van der Waals surface area (Å²) in [5.41, 5.74) is 2.21. The van der Waals surface area contributed by atoms with Crippen LogP contribution in [0.5, 0.6) is 0 Å². The average molecular weight is 315 g/mol. The molecule has 0 aromatic heterocycles. The highest BCUT2D eigenvalue weighted by Crippen LogP contribution is 2.19. The quantitative estimate of drug-likeness (QED) is 0.813. The Morgan fingerprint density at radius 2 is 2.18 bits per heavy atom. The van der Waals surface area contributed by atoms with Crippen LogP contribution in [0.25, 0.3) is 0 Å². The fourth-order valence-electron chi connectivity index (χ4n) is 1.62. The monoisotopic (exact) mass is 314 g/mol. The largest absolute Gasteiger partial charge is 0.360 e. The second-order valence-corrected chi connectivity index (χ2v) is 5.51. The van der Waals surface area contributed by atoms with Crippen molar-refractivity contribution in [3.05, 3.63) is 28.2 Å². The summed E-state index contributed by atoms with van der Waals surface area (Å²) in [5.74, 6) is 0. The Morgan fingerprint density at radius 3 is 2.76 bits per heavy atom. The maximum Gasteiger partial charge on any atom is 0.170 e. The first kappa shape index (κ1) is 14.5. The van der Waals surface area contributed by atoms with Gasteiger partial charge in [0.1, 0.15) is 0 Å². The van der Waals surface area contributed by atoms with E-state index in [9.17, 15) is 0 Å². The molecule has 1 atom stereocenters. The third kappa shape index (κ3) is 5.04. The first-order chi connectivity index (χ1) is 8.02. The molecule has 0 unspecified atom stereocenters. The average Bonchev–Trinajstić information content (AvgIpc) is 2.23. The summed E-state index contributed by atoms with van der Waals surface area (Å²) in [5, 5.41) is 7.16. The van der Waals surface area contributed by atoms with Crippen molar-refractivity contribution in [2.45, 2.75) is 39.7 Å². The number of hydrogen-bond acceptors (Lipinski definition) is 1. The van der Waals surface area contributed by atoms with Crippen LogP contribution in [0.1, 0.15) is 32.3 Å². The van der Waals surface area contributed by atoms with Gasteiger partial charge >= 0.3 is 0 Å². The van der Waals surface area contributed by atoms with Crippen molar-refractivity contribution >= 4 is 38.9 Å². The Labute approximate surface area is 117 Å². The smallest absolute Gasteiger partial charge is 0.170 e. The molecule has 0 fully saturated rings. The van der Waals surface area contributed by atoms with Crippen LogP contribution in [0, 0.1) is 6.92 Å². The highest BCUT2D eigenvalue weighted by atomic mass is 79.9. The third-order valence-electron chi connectivity index (χ3n) is 2.51. The van der Waals surface area contributed by atoms with E-state index in [1.54, 1.807) is 0 Å². The number of nitrogens with one attached hydrogen (secondary N) is 2. The van der Waals surface area contributed by atoms with E-state index in [-0.39, 0.29) is 0 Å². The van der Waals surface area contributed by atoms with Crippen molar-refractivity contribution in [1.29, 1.82) is 0 Å². The maximum absolute atomic E-state index is 5.27. The second kappa shape index (κ2) is 6.97. The molecule has 0 radical (unpaired) electrons. The number of thiocarbonyl (C=S) groups is 1. The minimum absolute atomic E-state index is 0.413. The molecule has 2 nitrogen and oxygen atoms in total. The molecule has 0 aliphatic heterocycles. The zero-order valence-corrected chi connectivity index (χ0v) is 12.9. The van der Waals surface area contributed by atoms with Gasteiger partial charge in [0.15, 0.2) is 5.11 Å². The van der Waals surface area contributed by atoms with Gasteiger partial charge in [0.05, 0.1) is 0 Å². The van der Waals surface area contributed by atoms with Gasteiger partial charge in [0.2, 0.25) is 0 Å². The van der Waals surface area contributed by atoms with Crippen LogP contribution < -0.4 is 10.6 Å². The van der Waals surface area contributed by atoms with Crippen molar-refractivity contribution in [2.75, 3.05) is 5.32 Å². The zero-order valence-electron chi connectivity index (χ0n) is 10.5. The Hall–Kier alpha value is -0.610. The zero-order chi connectivity index (χ0) is 12.8. The highest BCUT2D eigenvalue weighted by molar-refractivity contribution is 9.10. The lowest BCUT2D eigenvalue weighted by molar-refractivity contribution is 0.599. The van der Waals surface area contributed by atoms with Gasteiger partial charge in [-0.2, -0.15) is 0 Å². The lowest BCUT2D eigenvalue weighted by Crippen LogP contribution is -2.35. The van der Waals surface area contributed by atoms with Crippen molar-refractivity contribution in [1.82, 2.24) is 5.32 Å². The van der Waals surface area contributed by atoms with E-state index in [1.165, 1.54) is 5.56 Å². The second-order valence-electron chi connectivity index (χ2n) is 4.25. The summed E-state index contributed by atoms with van der Waals surface area (Å²) in [6.07, 6.45) is 2.29. The number of aryl methyl sites for hydroxylation is 1. The molecule has 0 saturated carbocycles. The van der Waals surface area contributed by atoms with Crippen LogP contribution in [0.15, 0.2) is 22.7 Å². The molecule has 0 saturated heterocycles. The molecule has 4 heteroatoms. The van der Waals surface area contributed by atoms with Gasteiger partial charge in [0, 0.05) is 16.2 Å². The van der Waals surface area contributed by atoms with Crippen LogP contribution in [0.2, 0.25) is 0 Å². The van der Waals surface area contributed by atoms with E-state index in [0.717, 1.165) is 23.0 Å². The first-order valence-corrected chi connectivity index (χ1v) is 7.06. The predicted molar refractivity (Wildman–Crippen MR) is 82.6 cm³/mol. The van der Waals surface area contributed by atoms with Gasteiger partial charge in [-0.25, -0.2) is 0 Å². The number of anilines is 1. The topological polar surface area (TPSA) is 24.1 Å². The lowest BCUT2D eigenvalue weighted by Gasteiger charge is -2.16. The van der Waals surface area contributed by atoms with Gasteiger partial charge in [-0.15, -0.1) is 0 Å². The summed E-state index contributed by atoms with van der Waals surface area (Å²) in [6.45, 7) is 6.38. The van der Waals surface area contributed by atoms with E-state index >= 15 is 0 Å². The summed E-state index contributed by atoms with van der Waals surface area (Å²) in [7, 11) is 0. The number of benzene rings is 1. The van der Waals surface area contributed by atoms with Crippen LogP contribution in [-0.2, 0) is 0 Å². The minimum atomic E-state index is 0.413. The maximum atomic E-state index is 5.27. The standard InChI is InChI=1S/C13H19BrN2S/c1-4-5-10(3)15-13(17)16-11-6-7-12(14)9(2)8-11/h6-8,10H,4-5H2,1-3H3,(H2,15,16,17)/t10-/m0/s1. The predicted octanol–water partition coefficient (Wildman–Crippen LogP) is 4.23. The van der Waals surface area contributed by atoms with Crippen LogP contribution >= 0.6 is 28.1 Å². The molecule has 0 bridgehead atoms. The van der Waals surface area contributed by atoms with E-state index < -0.39 is 0 Å². The molecule has 0 spiro atoms. The normalized spacial score (nSPS) is 12.0. The van der Waals surface area contributed by atoms with Gasteiger partial charge in [-0.1, -0.05) is 29.3 Å². The molecule has 94 valence electrons. The van der Waals surface area contributed by atoms with Crippen LogP contribution in [-0.4, -0.2) is 11.2 Å². The van der Waals surface area contributed by atoms with E-state index in [0.29, 0.717) is 11.2 Å². The molecular weight excluding hydrogens is 296 g/mol. The molecule has 0 aliphatic carbocycles. The van der Waals surface area contributed by atoms with Crippen molar-refractivity contribution in [2.24, 2.45) is 0 Å². The molecule has 0 amide bonds. The third-order valence-corrected chi connectivity index (χ3v) is 3.62. The Bertz CT molecular complexity index is 393. The van der Waals surface area contributed by atoms with Gasteiger partial charge in [0.25, 0.3) is 0 Å². The van der Waals surface area contributed by atoms with E-state index in [4.69, 9.17) is 12.2 Å². The van der Waals surface area contributed by atoms with E-state index in [1.807, 2.05) is 12.1 Å². The van der Waals surface area contributed by atoms with Crippen molar-refractivity contribution < 1.29 is 0 Å². The number of hydrogen-bond donors (Lipinski definition) is 2. The van der Waals surface area contributed by atoms with Crippen LogP contribution in [0.3, 0.4) is 0 Å². The Morgan fingerprint density at radius 1 is 1.47 bits per heavy atom. The fraction of sp³-hybridized carbons (Fsp3) is 0.462. The molecule has 17 heavy (non-hydrogen) atoms. The molecular formula is C13H19BrN2S. The fourth-order valence-corrected chi connectivity index (χ4v) is 2.18. The van der Waals surface area contributed by atoms with Gasteiger partial charge in [-0.3, -0.25) is 0 Å². The summed E-state index contributed by atoms with van der Waals surface area (Å²) in [6, 6.07) is 6.52. The summed E-state index contributed by atoms with van der Waals surface area (Å²) in [4.78, 5) is 0. The van der Waals surface area contributed by atoms with Crippen LogP contribution in [0.4, 0.5) is 5.69 Å². The number of rotatable bonds is 4. The molecule has 0 heterocycles. The summed E-state index contributed by atoms with van der Waals surface area (Å²) >= 11 is 8.75. The van der Waals surface area contributed by atoms with Crippen molar-refractivity contribution in [3.8, 4) is 0 Å². The van der Waals surface area contributed by atoms with Gasteiger partial charge < -0.3 is 10.6 Å². The minimum Gasteiger partial charge on any atom is -0.360 e. The van der Waals surface area contributed by atoms with Crippen molar-refractivity contribution in [3.63, 3.8) is 0 Å². The molecule has 1 rings (SSSR count). The molecule has 1 aromatic rings. The lowest BCUT2D eigenvalue weighted by atomic mass is 10.2. The molecule has 1 aromatic carbocycles. The Kier molecular flexibility index (Phi) is 5.92. The Balaban J connectivity index is 2.53. The molecule has 0 aliphatic rings. The summed E-state index contributed by atoms with van der Waals surface area (Å²) < 4.78 is 1.11. The molecule has 2 N–H and O–H groups in total.